The summed E-state index contributed by atoms with van der Waals surface area (Å²) in [6, 6.07) is 7.74. The van der Waals surface area contributed by atoms with Crippen LogP contribution in [0, 0.1) is 5.92 Å². The highest BCUT2D eigenvalue weighted by atomic mass is 16.6. The van der Waals surface area contributed by atoms with Crippen LogP contribution in [0.2, 0.25) is 0 Å². The molecule has 1 aromatic rings. The van der Waals surface area contributed by atoms with Crippen LogP contribution in [0.4, 0.5) is 4.79 Å². The van der Waals surface area contributed by atoms with Gasteiger partial charge in [-0.25, -0.2) is 4.79 Å². The number of hydrogen-bond acceptors (Lipinski definition) is 3. The molecule has 1 heterocycles. The third kappa shape index (κ3) is 2.74. The van der Waals surface area contributed by atoms with E-state index >= 15 is 0 Å². The van der Waals surface area contributed by atoms with E-state index in [9.17, 15) is 9.59 Å². The van der Waals surface area contributed by atoms with E-state index in [1.54, 1.807) is 4.90 Å². The Morgan fingerprint density at radius 2 is 2.00 bits per heavy atom. The number of nitrogens with zero attached hydrogens (tertiary/aromatic N) is 1. The quantitative estimate of drug-likeness (QED) is 0.798. The fraction of sp³-hybridized carbons (Fsp3) is 0.556. The average Bonchev–Trinajstić information content (AvgIpc) is 3.02. The molecule has 4 heteroatoms. The molecule has 2 atom stereocenters. The number of benzene rings is 1. The minimum atomic E-state index is -0.507. The predicted octanol–water partition coefficient (Wildman–Crippen LogP) is 3.44. The van der Waals surface area contributed by atoms with Gasteiger partial charge in [0.15, 0.2) is 5.78 Å². The van der Waals surface area contributed by atoms with Crippen LogP contribution in [-0.2, 0) is 11.2 Å². The maximum Gasteiger partial charge on any atom is 0.410 e. The number of amides is 1. The van der Waals surface area contributed by atoms with Gasteiger partial charge in [0.25, 0.3) is 0 Å². The van der Waals surface area contributed by atoms with Gasteiger partial charge in [-0.05, 0) is 45.6 Å². The highest BCUT2D eigenvalue weighted by Crippen LogP contribution is 2.35. The van der Waals surface area contributed by atoms with Gasteiger partial charge in [0.1, 0.15) is 5.60 Å². The van der Waals surface area contributed by atoms with Crippen molar-refractivity contribution in [3.63, 3.8) is 0 Å². The number of ketones is 1. The van der Waals surface area contributed by atoms with Crippen molar-refractivity contribution in [3.05, 3.63) is 35.4 Å². The largest absolute Gasteiger partial charge is 0.444 e. The number of fused-ring (bicyclic) bond motifs is 1. The zero-order valence-corrected chi connectivity index (χ0v) is 13.5. The normalized spacial score (nSPS) is 24.5. The van der Waals surface area contributed by atoms with Crippen molar-refractivity contribution < 1.29 is 14.3 Å². The van der Waals surface area contributed by atoms with Gasteiger partial charge >= 0.3 is 6.09 Å². The van der Waals surface area contributed by atoms with Gasteiger partial charge in [-0.2, -0.15) is 0 Å². The first kappa shape index (κ1) is 15.1. The second-order valence-electron chi connectivity index (χ2n) is 7.22. The first-order valence-electron chi connectivity index (χ1n) is 7.98. The molecule has 1 aliphatic carbocycles. The fourth-order valence-corrected chi connectivity index (χ4v) is 3.54. The Balaban J connectivity index is 1.78. The summed E-state index contributed by atoms with van der Waals surface area (Å²) in [4.78, 5) is 26.8. The van der Waals surface area contributed by atoms with Gasteiger partial charge in [-0.1, -0.05) is 24.3 Å². The van der Waals surface area contributed by atoms with Crippen molar-refractivity contribution in [2.24, 2.45) is 5.92 Å². The van der Waals surface area contributed by atoms with E-state index < -0.39 is 5.60 Å². The summed E-state index contributed by atoms with van der Waals surface area (Å²) in [6.07, 6.45) is 2.26. The number of ether oxygens (including phenoxy) is 1. The lowest BCUT2D eigenvalue weighted by Gasteiger charge is -2.31. The van der Waals surface area contributed by atoms with Gasteiger partial charge in [0, 0.05) is 24.1 Å². The van der Waals surface area contributed by atoms with Crippen LogP contribution in [0.1, 0.15) is 49.5 Å². The zero-order valence-electron chi connectivity index (χ0n) is 13.5. The van der Waals surface area contributed by atoms with Crippen LogP contribution in [0.5, 0.6) is 0 Å². The lowest BCUT2D eigenvalue weighted by molar-refractivity contribution is 0.0185. The predicted molar refractivity (Wildman–Crippen MR) is 83.9 cm³/mol. The monoisotopic (exact) mass is 301 g/mol. The molecule has 1 fully saturated rings. The van der Waals surface area contributed by atoms with Crippen LogP contribution in [0.3, 0.4) is 0 Å². The second kappa shape index (κ2) is 5.41. The molecule has 0 radical (unpaired) electrons. The molecule has 0 spiro atoms. The Morgan fingerprint density at radius 1 is 1.27 bits per heavy atom. The zero-order chi connectivity index (χ0) is 15.9. The summed E-state index contributed by atoms with van der Waals surface area (Å²) in [6.45, 7) is 6.28. The average molecular weight is 301 g/mol. The molecule has 0 bridgehead atoms. The minimum Gasteiger partial charge on any atom is -0.444 e. The number of rotatable bonds is 1. The molecule has 2 aliphatic rings. The Kier molecular flexibility index (Phi) is 3.71. The van der Waals surface area contributed by atoms with Crippen molar-refractivity contribution in [1.29, 1.82) is 0 Å². The number of hydrogen-bond donors (Lipinski definition) is 0. The summed E-state index contributed by atoms with van der Waals surface area (Å²) in [7, 11) is 0. The van der Waals surface area contributed by atoms with E-state index in [1.807, 2.05) is 45.0 Å². The van der Waals surface area contributed by atoms with Crippen molar-refractivity contribution in [3.8, 4) is 0 Å². The van der Waals surface area contributed by atoms with Crippen molar-refractivity contribution in [1.82, 2.24) is 4.90 Å². The summed E-state index contributed by atoms with van der Waals surface area (Å²) in [5.74, 6) is 0.0588. The third-order valence-electron chi connectivity index (χ3n) is 4.45. The molecule has 1 amide bonds. The van der Waals surface area contributed by atoms with Gasteiger partial charge in [0.05, 0.1) is 0 Å². The lowest BCUT2D eigenvalue weighted by atomic mass is 9.93. The highest BCUT2D eigenvalue weighted by molar-refractivity contribution is 6.02. The van der Waals surface area contributed by atoms with Gasteiger partial charge < -0.3 is 9.64 Å². The standard InChI is InChI=1S/C18H23NO3/c1-18(2,3)22-17(21)19-10-6-9-15(19)14-11-12-7-4-5-8-13(12)16(14)20/h4-5,7-8,14-15H,6,9-11H2,1-3H3/t14-,15-/m0/s1. The number of likely N-dealkylation sites (tertiary alicyclic amines) is 1. The van der Waals surface area contributed by atoms with Crippen LogP contribution >= 0.6 is 0 Å². The molecule has 118 valence electrons. The van der Waals surface area contributed by atoms with Crippen LogP contribution < -0.4 is 0 Å². The van der Waals surface area contributed by atoms with E-state index in [4.69, 9.17) is 4.74 Å². The van der Waals surface area contributed by atoms with Crippen LogP contribution in [0.15, 0.2) is 24.3 Å². The Labute approximate surface area is 131 Å². The van der Waals surface area contributed by atoms with Gasteiger partial charge in [-0.15, -0.1) is 0 Å². The summed E-state index contributed by atoms with van der Waals surface area (Å²) in [5, 5.41) is 0. The summed E-state index contributed by atoms with van der Waals surface area (Å²) in [5.41, 5.74) is 1.42. The first-order valence-corrected chi connectivity index (χ1v) is 7.98. The van der Waals surface area contributed by atoms with Gasteiger partial charge in [0.2, 0.25) is 0 Å². The van der Waals surface area contributed by atoms with Crippen LogP contribution in [-0.4, -0.2) is 35.0 Å². The Bertz CT molecular complexity index is 603. The molecule has 0 N–H and O–H groups in total. The summed E-state index contributed by atoms with van der Waals surface area (Å²) < 4.78 is 5.50. The lowest BCUT2D eigenvalue weighted by Crippen LogP contribution is -2.44. The van der Waals surface area contributed by atoms with E-state index in [0.29, 0.717) is 6.54 Å². The molecule has 0 aromatic heterocycles. The number of carbonyl (C=O) groups excluding carboxylic acids is 2. The minimum absolute atomic E-state index is 0.0326. The highest BCUT2D eigenvalue weighted by Gasteiger charge is 2.43. The van der Waals surface area contributed by atoms with E-state index in [-0.39, 0.29) is 23.8 Å². The molecule has 4 nitrogen and oxygen atoms in total. The summed E-state index contributed by atoms with van der Waals surface area (Å²) >= 11 is 0. The van der Waals surface area contributed by atoms with E-state index in [1.165, 1.54) is 0 Å². The van der Waals surface area contributed by atoms with Crippen molar-refractivity contribution >= 4 is 11.9 Å². The fourth-order valence-electron chi connectivity index (χ4n) is 3.54. The Morgan fingerprint density at radius 3 is 2.68 bits per heavy atom. The van der Waals surface area contributed by atoms with E-state index in [0.717, 1.165) is 30.4 Å². The molecule has 1 aliphatic heterocycles. The maximum absolute atomic E-state index is 12.7. The molecule has 1 saturated heterocycles. The smallest absolute Gasteiger partial charge is 0.410 e. The Hall–Kier alpha value is -1.84. The molecule has 0 unspecified atom stereocenters. The topological polar surface area (TPSA) is 46.6 Å². The SMILES string of the molecule is CC(C)(C)OC(=O)N1CCC[C@H]1[C@@H]1Cc2ccccc2C1=O. The molecule has 0 saturated carbocycles. The maximum atomic E-state index is 12.7. The second-order valence-corrected chi connectivity index (χ2v) is 7.22. The van der Waals surface area contributed by atoms with Gasteiger partial charge in [-0.3, -0.25) is 4.79 Å². The van der Waals surface area contributed by atoms with Crippen molar-refractivity contribution in [2.75, 3.05) is 6.54 Å². The van der Waals surface area contributed by atoms with Crippen molar-refractivity contribution in [2.45, 2.75) is 51.7 Å². The number of carbonyl (C=O) groups is 2. The first-order chi connectivity index (χ1) is 10.4. The molecular formula is C18H23NO3. The van der Waals surface area contributed by atoms with E-state index in [2.05, 4.69) is 0 Å². The molecule has 3 rings (SSSR count). The third-order valence-corrected chi connectivity index (χ3v) is 4.45. The molecule has 22 heavy (non-hydrogen) atoms. The molecular weight excluding hydrogens is 278 g/mol. The molecule has 1 aromatic carbocycles. The number of Topliss-reactive ketones (excluding diaryl/α,β-unsaturated/α-hetero) is 1. The van der Waals surface area contributed by atoms with Crippen LogP contribution in [0.25, 0.3) is 0 Å².